The minimum Gasteiger partial charge on any atom is -0.352 e. The highest BCUT2D eigenvalue weighted by Gasteiger charge is 2.07. The lowest BCUT2D eigenvalue weighted by Crippen LogP contribution is -2.31. The Kier molecular flexibility index (Phi) is 5.99. The Morgan fingerprint density at radius 2 is 2.06 bits per heavy atom. The maximum atomic E-state index is 5.40. The highest BCUT2D eigenvalue weighted by Crippen LogP contribution is 1.95. The van der Waals surface area contributed by atoms with Crippen LogP contribution in [0.1, 0.15) is 19.5 Å². The van der Waals surface area contributed by atoms with Crippen molar-refractivity contribution in [3.05, 3.63) is 11.9 Å². The second kappa shape index (κ2) is 7.32. The van der Waals surface area contributed by atoms with Gasteiger partial charge in [0, 0.05) is 39.5 Å². The maximum absolute atomic E-state index is 5.40. The molecule has 92 valence electrons. The molecule has 0 amide bonds. The third kappa shape index (κ3) is 4.69. The van der Waals surface area contributed by atoms with E-state index in [1.54, 1.807) is 4.68 Å². The molecule has 6 nitrogen and oxygen atoms in total. The molecule has 0 aromatic carbocycles. The third-order valence-electron chi connectivity index (χ3n) is 1.97. The summed E-state index contributed by atoms with van der Waals surface area (Å²) < 4.78 is 12.5. The van der Waals surface area contributed by atoms with Gasteiger partial charge >= 0.3 is 0 Å². The molecule has 0 aliphatic carbocycles. The maximum Gasteiger partial charge on any atom is 0.169 e. The zero-order valence-electron chi connectivity index (χ0n) is 10.1. The van der Waals surface area contributed by atoms with Gasteiger partial charge in [-0.3, -0.25) is 4.68 Å². The highest BCUT2D eigenvalue weighted by atomic mass is 16.7. The van der Waals surface area contributed by atoms with Gasteiger partial charge in [0.05, 0.1) is 5.69 Å². The van der Waals surface area contributed by atoms with Crippen LogP contribution in [0.2, 0.25) is 0 Å². The zero-order chi connectivity index (χ0) is 11.8. The second-order valence-electron chi connectivity index (χ2n) is 3.35. The van der Waals surface area contributed by atoms with Crippen molar-refractivity contribution >= 4 is 0 Å². The van der Waals surface area contributed by atoms with E-state index in [1.165, 1.54) is 0 Å². The summed E-state index contributed by atoms with van der Waals surface area (Å²) in [5.41, 5.74) is 0.911. The molecule has 0 saturated heterocycles. The minimum atomic E-state index is -0.188. The molecule has 0 unspecified atom stereocenters. The monoisotopic (exact) mass is 228 g/mol. The first-order chi connectivity index (χ1) is 7.76. The summed E-state index contributed by atoms with van der Waals surface area (Å²) in [6.45, 7) is 6.53. The summed E-state index contributed by atoms with van der Waals surface area (Å²) in [6, 6.07) is 0. The fourth-order valence-corrected chi connectivity index (χ4v) is 1.33. The summed E-state index contributed by atoms with van der Waals surface area (Å²) in [4.78, 5) is 0. The first kappa shape index (κ1) is 13.1. The number of nitrogens with zero attached hydrogens (tertiary/aromatic N) is 3. The van der Waals surface area contributed by atoms with Crippen LogP contribution in [0.25, 0.3) is 0 Å². The molecule has 16 heavy (non-hydrogen) atoms. The Hall–Kier alpha value is -0.980. The van der Waals surface area contributed by atoms with Gasteiger partial charge in [-0.25, -0.2) is 0 Å². The molecule has 0 radical (unpaired) electrons. The quantitative estimate of drug-likeness (QED) is 0.649. The van der Waals surface area contributed by atoms with Gasteiger partial charge in [0.2, 0.25) is 0 Å². The molecule has 0 saturated carbocycles. The summed E-state index contributed by atoms with van der Waals surface area (Å²) in [5.74, 6) is 0. The van der Waals surface area contributed by atoms with Gasteiger partial charge in [0.1, 0.15) is 0 Å². The highest BCUT2D eigenvalue weighted by molar-refractivity contribution is 4.90. The Labute approximate surface area is 95.9 Å². The molecule has 0 atom stereocenters. The average Bonchev–Trinajstić information content (AvgIpc) is 2.65. The summed E-state index contributed by atoms with van der Waals surface area (Å²) in [6.07, 6.45) is 1.69. The normalized spacial score (nSPS) is 11.2. The van der Waals surface area contributed by atoms with E-state index in [9.17, 15) is 0 Å². The van der Waals surface area contributed by atoms with E-state index in [0.29, 0.717) is 26.3 Å². The van der Waals surface area contributed by atoms with Crippen molar-refractivity contribution in [2.45, 2.75) is 26.7 Å². The van der Waals surface area contributed by atoms with E-state index in [2.05, 4.69) is 15.6 Å². The van der Waals surface area contributed by atoms with Crippen molar-refractivity contribution in [2.24, 2.45) is 7.05 Å². The van der Waals surface area contributed by atoms with Gasteiger partial charge in [0.15, 0.2) is 6.29 Å². The number of hydrogen-bond donors (Lipinski definition) is 1. The van der Waals surface area contributed by atoms with E-state index in [4.69, 9.17) is 9.47 Å². The lowest BCUT2D eigenvalue weighted by Gasteiger charge is -2.16. The van der Waals surface area contributed by atoms with Gasteiger partial charge in [-0.2, -0.15) is 0 Å². The number of hydrogen-bond acceptors (Lipinski definition) is 5. The number of rotatable bonds is 8. The summed E-state index contributed by atoms with van der Waals surface area (Å²) in [7, 11) is 1.85. The van der Waals surface area contributed by atoms with Crippen LogP contribution in [0.3, 0.4) is 0 Å². The zero-order valence-corrected chi connectivity index (χ0v) is 10.1. The molecule has 0 aliphatic rings. The van der Waals surface area contributed by atoms with E-state index in [1.807, 2.05) is 27.1 Å². The number of nitrogens with one attached hydrogen (secondary N) is 1. The van der Waals surface area contributed by atoms with Crippen LogP contribution < -0.4 is 5.32 Å². The van der Waals surface area contributed by atoms with Gasteiger partial charge in [-0.05, 0) is 13.8 Å². The van der Waals surface area contributed by atoms with Crippen molar-refractivity contribution in [3.63, 3.8) is 0 Å². The molecule has 1 aromatic heterocycles. The predicted molar refractivity (Wildman–Crippen MR) is 59.7 cm³/mol. The van der Waals surface area contributed by atoms with Crippen LogP contribution in [0.15, 0.2) is 6.20 Å². The molecule has 1 heterocycles. The van der Waals surface area contributed by atoms with Gasteiger partial charge in [0.25, 0.3) is 0 Å². The molecule has 0 aliphatic heterocycles. The van der Waals surface area contributed by atoms with Crippen LogP contribution >= 0.6 is 0 Å². The first-order valence-corrected chi connectivity index (χ1v) is 5.55. The molecule has 1 aromatic rings. The van der Waals surface area contributed by atoms with Gasteiger partial charge < -0.3 is 14.8 Å². The lowest BCUT2D eigenvalue weighted by atomic mass is 10.4. The smallest absolute Gasteiger partial charge is 0.169 e. The molecule has 0 fully saturated rings. The molecular weight excluding hydrogens is 208 g/mol. The molecule has 0 bridgehead atoms. The fraction of sp³-hybridized carbons (Fsp3) is 0.800. The van der Waals surface area contributed by atoms with Crippen molar-refractivity contribution in [3.8, 4) is 0 Å². The molecular formula is C10H20N4O2. The number of aromatic nitrogens is 3. The topological polar surface area (TPSA) is 61.2 Å². The van der Waals surface area contributed by atoms with Gasteiger partial charge in [-0.15, -0.1) is 5.10 Å². The Bertz CT molecular complexity index is 284. The first-order valence-electron chi connectivity index (χ1n) is 5.55. The van der Waals surface area contributed by atoms with E-state index < -0.39 is 0 Å². The van der Waals surface area contributed by atoms with E-state index in [0.717, 1.165) is 5.69 Å². The van der Waals surface area contributed by atoms with Crippen LogP contribution in [-0.4, -0.2) is 41.0 Å². The molecule has 0 spiro atoms. The SMILES string of the molecule is CCOC(CNCc1cn(C)nn1)OCC. The molecule has 1 N–H and O–H groups in total. The van der Waals surface area contributed by atoms with Crippen molar-refractivity contribution in [1.82, 2.24) is 20.3 Å². The van der Waals surface area contributed by atoms with Crippen molar-refractivity contribution in [2.75, 3.05) is 19.8 Å². The predicted octanol–water partition coefficient (Wildman–Crippen LogP) is 0.304. The van der Waals surface area contributed by atoms with Crippen LogP contribution in [0.5, 0.6) is 0 Å². The lowest BCUT2D eigenvalue weighted by molar-refractivity contribution is -0.133. The third-order valence-corrected chi connectivity index (χ3v) is 1.97. The van der Waals surface area contributed by atoms with Gasteiger partial charge in [-0.1, -0.05) is 5.21 Å². The Morgan fingerprint density at radius 1 is 1.38 bits per heavy atom. The molecule has 6 heteroatoms. The standard InChI is InChI=1S/C10H20N4O2/c1-4-15-10(16-5-2)7-11-6-9-8-14(3)13-12-9/h8,10-11H,4-7H2,1-3H3. The van der Waals surface area contributed by atoms with Crippen LogP contribution in [0.4, 0.5) is 0 Å². The van der Waals surface area contributed by atoms with Crippen LogP contribution in [-0.2, 0) is 23.1 Å². The average molecular weight is 228 g/mol. The minimum absolute atomic E-state index is 0.188. The fourth-order valence-electron chi connectivity index (χ4n) is 1.33. The largest absolute Gasteiger partial charge is 0.352 e. The van der Waals surface area contributed by atoms with Crippen molar-refractivity contribution < 1.29 is 9.47 Å². The Balaban J connectivity index is 2.21. The second-order valence-corrected chi connectivity index (χ2v) is 3.35. The Morgan fingerprint density at radius 3 is 2.56 bits per heavy atom. The number of ether oxygens (including phenoxy) is 2. The van der Waals surface area contributed by atoms with Crippen molar-refractivity contribution in [1.29, 1.82) is 0 Å². The molecule has 1 rings (SSSR count). The van der Waals surface area contributed by atoms with E-state index >= 15 is 0 Å². The summed E-state index contributed by atoms with van der Waals surface area (Å²) in [5, 5.41) is 11.0. The van der Waals surface area contributed by atoms with E-state index in [-0.39, 0.29) is 6.29 Å². The number of aryl methyl sites for hydroxylation is 1. The summed E-state index contributed by atoms with van der Waals surface area (Å²) >= 11 is 0. The van der Waals surface area contributed by atoms with Crippen LogP contribution in [0, 0.1) is 0 Å².